The van der Waals surface area contributed by atoms with Crippen molar-refractivity contribution in [1.82, 2.24) is 0 Å². The SMILES string of the molecule is CCC(C)CC(=O)Nc1ccc(Cl)cc1C(=O)O. The Morgan fingerprint density at radius 2 is 2.11 bits per heavy atom. The fraction of sp³-hybridized carbons (Fsp3) is 0.385. The molecule has 18 heavy (non-hydrogen) atoms. The van der Waals surface area contributed by atoms with E-state index in [-0.39, 0.29) is 23.1 Å². The molecule has 0 aliphatic carbocycles. The molecule has 0 fully saturated rings. The normalized spacial score (nSPS) is 11.9. The van der Waals surface area contributed by atoms with Gasteiger partial charge in [-0.05, 0) is 24.1 Å². The van der Waals surface area contributed by atoms with Crippen LogP contribution in [0.25, 0.3) is 0 Å². The summed E-state index contributed by atoms with van der Waals surface area (Å²) in [7, 11) is 0. The van der Waals surface area contributed by atoms with Crippen LogP contribution in [0.5, 0.6) is 0 Å². The van der Waals surface area contributed by atoms with Crippen molar-refractivity contribution in [2.75, 3.05) is 5.32 Å². The van der Waals surface area contributed by atoms with Crippen LogP contribution in [0.1, 0.15) is 37.0 Å². The molecule has 0 saturated heterocycles. The maximum Gasteiger partial charge on any atom is 0.337 e. The lowest BCUT2D eigenvalue weighted by molar-refractivity contribution is -0.117. The largest absolute Gasteiger partial charge is 0.478 e. The van der Waals surface area contributed by atoms with E-state index in [2.05, 4.69) is 5.32 Å². The monoisotopic (exact) mass is 269 g/mol. The summed E-state index contributed by atoms with van der Waals surface area (Å²) in [5, 5.41) is 12.0. The standard InChI is InChI=1S/C13H16ClNO3/c1-3-8(2)6-12(16)15-11-5-4-9(14)7-10(11)13(17)18/h4-5,7-8H,3,6H2,1-2H3,(H,15,16)(H,17,18). The molecule has 0 spiro atoms. The van der Waals surface area contributed by atoms with Crippen molar-refractivity contribution in [2.45, 2.75) is 26.7 Å². The molecule has 1 rings (SSSR count). The lowest BCUT2D eigenvalue weighted by atomic mass is 10.0. The number of hydrogen-bond acceptors (Lipinski definition) is 2. The van der Waals surface area contributed by atoms with Crippen LogP contribution in [0.4, 0.5) is 5.69 Å². The Hall–Kier alpha value is -1.55. The summed E-state index contributed by atoms with van der Waals surface area (Å²) in [6.45, 7) is 3.97. The fourth-order valence-corrected chi connectivity index (χ4v) is 1.64. The number of carbonyl (C=O) groups is 2. The molecular formula is C13H16ClNO3. The average Bonchev–Trinajstić information content (AvgIpc) is 2.30. The van der Waals surface area contributed by atoms with E-state index in [1.165, 1.54) is 12.1 Å². The highest BCUT2D eigenvalue weighted by Gasteiger charge is 2.14. The summed E-state index contributed by atoms with van der Waals surface area (Å²) < 4.78 is 0. The van der Waals surface area contributed by atoms with E-state index in [9.17, 15) is 9.59 Å². The molecule has 0 radical (unpaired) electrons. The number of carboxylic acids is 1. The molecule has 1 amide bonds. The molecule has 0 aliphatic heterocycles. The maximum atomic E-state index is 11.7. The van der Waals surface area contributed by atoms with E-state index in [0.29, 0.717) is 11.4 Å². The number of nitrogens with one attached hydrogen (secondary N) is 1. The summed E-state index contributed by atoms with van der Waals surface area (Å²) in [6, 6.07) is 4.37. The molecule has 98 valence electrons. The van der Waals surface area contributed by atoms with Crippen LogP contribution in [-0.4, -0.2) is 17.0 Å². The third kappa shape index (κ3) is 4.04. The summed E-state index contributed by atoms with van der Waals surface area (Å²) in [6.07, 6.45) is 1.28. The summed E-state index contributed by atoms with van der Waals surface area (Å²) in [5.41, 5.74) is 0.278. The van der Waals surface area contributed by atoms with Crippen molar-refractivity contribution >= 4 is 29.2 Å². The molecule has 1 unspecified atom stereocenters. The number of hydrogen-bond donors (Lipinski definition) is 2. The molecule has 1 aromatic rings. The van der Waals surface area contributed by atoms with Gasteiger partial charge in [-0.2, -0.15) is 0 Å². The number of carboxylic acid groups (broad SMARTS) is 1. The first-order chi connectivity index (χ1) is 8.43. The van der Waals surface area contributed by atoms with Gasteiger partial charge in [-0.15, -0.1) is 0 Å². The smallest absolute Gasteiger partial charge is 0.337 e. The van der Waals surface area contributed by atoms with Crippen molar-refractivity contribution < 1.29 is 14.7 Å². The second-order valence-electron chi connectivity index (χ2n) is 4.26. The third-order valence-corrected chi connectivity index (χ3v) is 2.95. The minimum Gasteiger partial charge on any atom is -0.478 e. The van der Waals surface area contributed by atoms with Gasteiger partial charge >= 0.3 is 5.97 Å². The van der Waals surface area contributed by atoms with Crippen molar-refractivity contribution in [3.05, 3.63) is 28.8 Å². The predicted molar refractivity (Wildman–Crippen MR) is 71.1 cm³/mol. The van der Waals surface area contributed by atoms with Gasteiger partial charge in [0.2, 0.25) is 5.91 Å². The summed E-state index contributed by atoms with van der Waals surface area (Å²) in [5.74, 6) is -1.03. The van der Waals surface area contributed by atoms with E-state index in [4.69, 9.17) is 16.7 Å². The Morgan fingerprint density at radius 1 is 1.44 bits per heavy atom. The van der Waals surface area contributed by atoms with Gasteiger partial charge in [0.05, 0.1) is 11.3 Å². The highest BCUT2D eigenvalue weighted by Crippen LogP contribution is 2.21. The number of benzene rings is 1. The lowest BCUT2D eigenvalue weighted by Gasteiger charge is -2.11. The van der Waals surface area contributed by atoms with Crippen LogP contribution in [0.3, 0.4) is 0 Å². The molecule has 0 heterocycles. The number of anilines is 1. The number of rotatable bonds is 5. The van der Waals surface area contributed by atoms with Gasteiger partial charge < -0.3 is 10.4 Å². The van der Waals surface area contributed by atoms with Crippen molar-refractivity contribution in [3.8, 4) is 0 Å². The van der Waals surface area contributed by atoms with E-state index in [1.807, 2.05) is 13.8 Å². The van der Waals surface area contributed by atoms with Gasteiger partial charge in [-0.25, -0.2) is 4.79 Å². The Kier molecular flexibility index (Phi) is 5.16. The topological polar surface area (TPSA) is 66.4 Å². The Morgan fingerprint density at radius 3 is 2.67 bits per heavy atom. The zero-order valence-electron chi connectivity index (χ0n) is 10.4. The van der Waals surface area contributed by atoms with Crippen molar-refractivity contribution in [1.29, 1.82) is 0 Å². The molecule has 1 atom stereocenters. The molecule has 0 aliphatic rings. The first kappa shape index (κ1) is 14.5. The quantitative estimate of drug-likeness (QED) is 0.861. The lowest BCUT2D eigenvalue weighted by Crippen LogP contribution is -2.17. The number of aromatic carboxylic acids is 1. The van der Waals surface area contributed by atoms with E-state index < -0.39 is 5.97 Å². The molecule has 0 saturated carbocycles. The van der Waals surface area contributed by atoms with Gasteiger partial charge in [0.1, 0.15) is 0 Å². The van der Waals surface area contributed by atoms with Crippen LogP contribution in [-0.2, 0) is 4.79 Å². The molecular weight excluding hydrogens is 254 g/mol. The number of halogens is 1. The Bertz CT molecular complexity index is 460. The average molecular weight is 270 g/mol. The van der Waals surface area contributed by atoms with E-state index >= 15 is 0 Å². The van der Waals surface area contributed by atoms with E-state index in [0.717, 1.165) is 6.42 Å². The van der Waals surface area contributed by atoms with Gasteiger partial charge in [0.15, 0.2) is 0 Å². The Balaban J connectivity index is 2.84. The number of amides is 1. The van der Waals surface area contributed by atoms with Crippen LogP contribution in [0.15, 0.2) is 18.2 Å². The second kappa shape index (κ2) is 6.40. The Labute approximate surface area is 111 Å². The van der Waals surface area contributed by atoms with Crippen molar-refractivity contribution in [3.63, 3.8) is 0 Å². The van der Waals surface area contributed by atoms with Crippen LogP contribution in [0, 0.1) is 5.92 Å². The van der Waals surface area contributed by atoms with E-state index in [1.54, 1.807) is 6.07 Å². The third-order valence-electron chi connectivity index (χ3n) is 2.72. The minimum atomic E-state index is -1.11. The van der Waals surface area contributed by atoms with Gasteiger partial charge in [-0.3, -0.25) is 4.79 Å². The highest BCUT2D eigenvalue weighted by atomic mass is 35.5. The first-order valence-corrected chi connectivity index (χ1v) is 6.14. The van der Waals surface area contributed by atoms with Crippen LogP contribution < -0.4 is 5.32 Å². The minimum absolute atomic E-state index is 0.00000142. The van der Waals surface area contributed by atoms with Crippen molar-refractivity contribution in [2.24, 2.45) is 5.92 Å². The first-order valence-electron chi connectivity index (χ1n) is 5.76. The van der Waals surface area contributed by atoms with Crippen LogP contribution >= 0.6 is 11.6 Å². The molecule has 5 heteroatoms. The van der Waals surface area contributed by atoms with Gasteiger partial charge in [-0.1, -0.05) is 31.9 Å². The second-order valence-corrected chi connectivity index (χ2v) is 4.70. The molecule has 4 nitrogen and oxygen atoms in total. The molecule has 1 aromatic carbocycles. The zero-order chi connectivity index (χ0) is 13.7. The van der Waals surface area contributed by atoms with Gasteiger partial charge in [0.25, 0.3) is 0 Å². The highest BCUT2D eigenvalue weighted by molar-refractivity contribution is 6.31. The molecule has 2 N–H and O–H groups in total. The summed E-state index contributed by atoms with van der Waals surface area (Å²) in [4.78, 5) is 22.7. The zero-order valence-corrected chi connectivity index (χ0v) is 11.1. The fourth-order valence-electron chi connectivity index (χ4n) is 1.46. The molecule has 0 aromatic heterocycles. The summed E-state index contributed by atoms with van der Waals surface area (Å²) >= 11 is 5.73. The van der Waals surface area contributed by atoms with Gasteiger partial charge in [0, 0.05) is 11.4 Å². The predicted octanol–water partition coefficient (Wildman–Crippen LogP) is 3.41. The van der Waals surface area contributed by atoms with Crippen LogP contribution in [0.2, 0.25) is 5.02 Å². The maximum absolute atomic E-state index is 11.7. The number of carbonyl (C=O) groups excluding carboxylic acids is 1. The molecule has 0 bridgehead atoms.